The number of pyridine rings is 1. The predicted octanol–water partition coefficient (Wildman–Crippen LogP) is 5.32. The van der Waals surface area contributed by atoms with E-state index in [-0.39, 0.29) is 30.2 Å². The third-order valence-corrected chi connectivity index (χ3v) is 10.6. The second kappa shape index (κ2) is 9.32. The number of fused-ring (bicyclic) bond motifs is 6. The molecule has 4 aromatic rings. The van der Waals surface area contributed by atoms with Crippen molar-refractivity contribution >= 4 is 39.1 Å². The highest BCUT2D eigenvalue weighted by atomic mass is 32.2. The van der Waals surface area contributed by atoms with Crippen molar-refractivity contribution in [1.82, 2.24) is 9.58 Å². The number of hydrogen-bond acceptors (Lipinski definition) is 7. The maximum atomic E-state index is 15.5. The van der Waals surface area contributed by atoms with E-state index in [0.717, 1.165) is 26.6 Å². The second-order valence-corrected chi connectivity index (χ2v) is 12.6. The summed E-state index contributed by atoms with van der Waals surface area (Å²) in [4.78, 5) is 29.8. The van der Waals surface area contributed by atoms with E-state index in [2.05, 4.69) is 19.9 Å². The van der Waals surface area contributed by atoms with Crippen molar-refractivity contribution in [1.29, 1.82) is 0 Å². The summed E-state index contributed by atoms with van der Waals surface area (Å²) >= 11 is 3.16. The molecule has 0 unspecified atom stereocenters. The fourth-order valence-corrected chi connectivity index (χ4v) is 8.49. The summed E-state index contributed by atoms with van der Waals surface area (Å²) in [6.45, 7) is 4.99. The molecule has 0 aliphatic carbocycles. The van der Waals surface area contributed by atoms with Gasteiger partial charge in [0.15, 0.2) is 23.1 Å². The van der Waals surface area contributed by atoms with Crippen LogP contribution in [0.5, 0.6) is 5.75 Å². The van der Waals surface area contributed by atoms with E-state index < -0.39 is 40.9 Å². The van der Waals surface area contributed by atoms with Crippen molar-refractivity contribution in [3.05, 3.63) is 91.7 Å². The van der Waals surface area contributed by atoms with Crippen LogP contribution in [0.2, 0.25) is 0 Å². The molecule has 2 atom stereocenters. The summed E-state index contributed by atoms with van der Waals surface area (Å²) < 4.78 is 38.4. The first-order valence-corrected chi connectivity index (χ1v) is 14.8. The average molecular weight is 582 g/mol. The number of ether oxygens (including phenoxy) is 1. The van der Waals surface area contributed by atoms with Crippen molar-refractivity contribution in [2.24, 2.45) is 0 Å². The smallest absolute Gasteiger partial charge is 0.278 e. The number of hydrogen-bond donors (Lipinski definition) is 1. The Morgan fingerprint density at radius 1 is 1.10 bits per heavy atom. The van der Waals surface area contributed by atoms with Gasteiger partial charge in [-0.15, -0.1) is 23.1 Å². The van der Waals surface area contributed by atoms with Crippen LogP contribution in [-0.2, 0) is 10.5 Å². The van der Waals surface area contributed by atoms with Crippen LogP contribution in [0.4, 0.5) is 8.78 Å². The minimum atomic E-state index is -0.925. The molecule has 2 aromatic heterocycles. The molecular weight excluding hydrogens is 556 g/mol. The summed E-state index contributed by atoms with van der Waals surface area (Å²) in [6.07, 6.45) is 0.835. The molecule has 40 heavy (non-hydrogen) atoms. The van der Waals surface area contributed by atoms with Crippen LogP contribution in [0, 0.1) is 11.6 Å². The number of thioether (sulfide) groups is 1. The zero-order valence-corrected chi connectivity index (χ0v) is 23.3. The van der Waals surface area contributed by atoms with E-state index in [1.54, 1.807) is 22.3 Å². The molecule has 11 heteroatoms. The Morgan fingerprint density at radius 2 is 1.90 bits per heavy atom. The standard InChI is InChI=1S/C29H25F2N3O4S2/c1-14(2)21-11-15-3-4-17-24(16-5-6-19(30)23(31)18(16)13-39-28(17)27(15)40-21)34-22-12-38-10-9-32(22)29(37)25-26(36)20(35)7-8-33(25)34/h3-8,11,14,22,24,36H,9-10,12-13H2,1-2H3/t22-,24+/m1/s1. The summed E-state index contributed by atoms with van der Waals surface area (Å²) in [5.74, 6) is -2.41. The van der Waals surface area contributed by atoms with Gasteiger partial charge in [0.05, 0.1) is 19.3 Å². The molecule has 1 saturated heterocycles. The fraction of sp³-hybridized carbons (Fsp3) is 0.310. The average Bonchev–Trinajstić information content (AvgIpc) is 3.32. The minimum absolute atomic E-state index is 0.160. The van der Waals surface area contributed by atoms with Gasteiger partial charge in [-0.3, -0.25) is 19.3 Å². The maximum Gasteiger partial charge on any atom is 0.278 e. The first-order chi connectivity index (χ1) is 19.3. The first-order valence-electron chi connectivity index (χ1n) is 13.0. The SMILES string of the molecule is CC(C)c1cc2ccc3c(c2s1)SCc1c(ccc(F)c1F)[C@@H]3N1[C@@H]2COCCN2C(=O)c2c(O)c(=O)ccn21. The van der Waals surface area contributed by atoms with Crippen LogP contribution >= 0.6 is 23.1 Å². The number of morpholine rings is 1. The molecule has 3 aliphatic heterocycles. The Morgan fingerprint density at radius 3 is 2.70 bits per heavy atom. The van der Waals surface area contributed by atoms with Crippen molar-refractivity contribution < 1.29 is 23.4 Å². The molecule has 206 valence electrons. The quantitative estimate of drug-likeness (QED) is 0.346. The lowest BCUT2D eigenvalue weighted by molar-refractivity contribution is -0.0197. The Kier molecular flexibility index (Phi) is 5.95. The third-order valence-electron chi connectivity index (χ3n) is 7.88. The number of carbonyl (C=O) groups excluding carboxylic acids is 1. The predicted molar refractivity (Wildman–Crippen MR) is 150 cm³/mol. The summed E-state index contributed by atoms with van der Waals surface area (Å²) in [5, 5.41) is 13.7. The number of benzene rings is 2. The highest BCUT2D eigenvalue weighted by Crippen LogP contribution is 2.49. The molecule has 0 radical (unpaired) electrons. The van der Waals surface area contributed by atoms with Gasteiger partial charge in [-0.2, -0.15) is 0 Å². The summed E-state index contributed by atoms with van der Waals surface area (Å²) in [5.41, 5.74) is 0.829. The minimum Gasteiger partial charge on any atom is -0.502 e. The number of rotatable bonds is 2. The number of halogens is 2. The number of nitrogens with zero attached hydrogens (tertiary/aromatic N) is 3. The molecule has 1 N–H and O–H groups in total. The van der Waals surface area contributed by atoms with Crippen LogP contribution in [0.3, 0.4) is 0 Å². The van der Waals surface area contributed by atoms with Gasteiger partial charge in [-0.25, -0.2) is 8.78 Å². The monoisotopic (exact) mass is 581 g/mol. The maximum absolute atomic E-state index is 15.5. The molecule has 2 aromatic carbocycles. The van der Waals surface area contributed by atoms with E-state index in [1.165, 1.54) is 33.6 Å². The Hall–Kier alpha value is -3.41. The van der Waals surface area contributed by atoms with Crippen molar-refractivity contribution in [3.63, 3.8) is 0 Å². The van der Waals surface area contributed by atoms with Crippen molar-refractivity contribution in [2.45, 2.75) is 42.6 Å². The number of carbonyl (C=O) groups is 1. The van der Waals surface area contributed by atoms with Crippen LogP contribution in [-0.4, -0.2) is 46.5 Å². The molecule has 5 heterocycles. The highest BCUT2D eigenvalue weighted by Gasteiger charge is 2.46. The molecule has 1 amide bonds. The Labute approximate surface area is 236 Å². The van der Waals surface area contributed by atoms with Crippen LogP contribution in [0.1, 0.15) is 57.9 Å². The molecular formula is C29H25F2N3O4S2. The molecule has 3 aliphatic rings. The molecule has 0 saturated carbocycles. The van der Waals surface area contributed by atoms with E-state index in [0.29, 0.717) is 18.1 Å². The van der Waals surface area contributed by atoms with Gasteiger partial charge in [0.2, 0.25) is 5.43 Å². The van der Waals surface area contributed by atoms with Gasteiger partial charge in [0.25, 0.3) is 5.91 Å². The van der Waals surface area contributed by atoms with Gasteiger partial charge < -0.3 is 14.7 Å². The number of aromatic nitrogens is 1. The lowest BCUT2D eigenvalue weighted by Gasteiger charge is -2.51. The Balaban J connectivity index is 1.55. The van der Waals surface area contributed by atoms with Gasteiger partial charge in [-0.1, -0.05) is 32.0 Å². The van der Waals surface area contributed by atoms with Gasteiger partial charge in [-0.05, 0) is 34.6 Å². The Bertz CT molecular complexity index is 1770. The molecule has 7 rings (SSSR count). The second-order valence-electron chi connectivity index (χ2n) is 10.5. The lowest BCUT2D eigenvalue weighted by Crippen LogP contribution is -2.66. The van der Waals surface area contributed by atoms with Gasteiger partial charge >= 0.3 is 0 Å². The molecule has 0 bridgehead atoms. The summed E-state index contributed by atoms with van der Waals surface area (Å²) in [7, 11) is 0. The first kappa shape index (κ1) is 25.6. The number of amides is 1. The van der Waals surface area contributed by atoms with Gasteiger partial charge in [0, 0.05) is 44.6 Å². The molecule has 0 spiro atoms. The zero-order chi connectivity index (χ0) is 27.9. The van der Waals surface area contributed by atoms with Crippen molar-refractivity contribution in [3.8, 4) is 5.75 Å². The molecule has 7 nitrogen and oxygen atoms in total. The van der Waals surface area contributed by atoms with Crippen LogP contribution < -0.4 is 10.4 Å². The normalized spacial score (nSPS) is 20.3. The largest absolute Gasteiger partial charge is 0.502 e. The topological polar surface area (TPSA) is 75.0 Å². The molecule has 1 fully saturated rings. The van der Waals surface area contributed by atoms with Gasteiger partial charge in [0.1, 0.15) is 6.17 Å². The number of thiophene rings is 1. The van der Waals surface area contributed by atoms with Crippen LogP contribution in [0.25, 0.3) is 10.1 Å². The highest BCUT2D eigenvalue weighted by molar-refractivity contribution is 7.99. The zero-order valence-electron chi connectivity index (χ0n) is 21.7. The van der Waals surface area contributed by atoms with Crippen molar-refractivity contribution in [2.75, 3.05) is 24.8 Å². The van der Waals surface area contributed by atoms with E-state index in [4.69, 9.17) is 4.74 Å². The third kappa shape index (κ3) is 3.64. The summed E-state index contributed by atoms with van der Waals surface area (Å²) in [6, 6.07) is 9.47. The van der Waals surface area contributed by atoms with E-state index >= 15 is 4.39 Å². The lowest BCUT2D eigenvalue weighted by atomic mass is 9.92. The van der Waals surface area contributed by atoms with Crippen LogP contribution in [0.15, 0.2) is 52.3 Å². The van der Waals surface area contributed by atoms with E-state index in [9.17, 15) is 19.1 Å². The number of aromatic hydroxyl groups is 1. The van der Waals surface area contributed by atoms with E-state index in [1.807, 2.05) is 17.1 Å². The fourth-order valence-electron chi connectivity index (χ4n) is 5.90.